The zero-order chi connectivity index (χ0) is 15.9. The van der Waals surface area contributed by atoms with Gasteiger partial charge in [-0.05, 0) is 29.7 Å². The van der Waals surface area contributed by atoms with Crippen molar-refractivity contribution in [3.8, 4) is 0 Å². The molecule has 0 aliphatic rings. The third-order valence-electron chi connectivity index (χ3n) is 3.18. The lowest BCUT2D eigenvalue weighted by atomic mass is 10.0. The second-order valence-electron chi connectivity index (χ2n) is 4.91. The van der Waals surface area contributed by atoms with Crippen molar-refractivity contribution < 1.29 is 19.4 Å². The first-order chi connectivity index (χ1) is 10.6. The van der Waals surface area contributed by atoms with E-state index >= 15 is 0 Å². The first kappa shape index (κ1) is 15.7. The van der Waals surface area contributed by atoms with Gasteiger partial charge in [0.25, 0.3) is 0 Å². The van der Waals surface area contributed by atoms with E-state index in [9.17, 15) is 9.59 Å². The van der Waals surface area contributed by atoms with Gasteiger partial charge in [-0.25, -0.2) is 4.79 Å². The molecular weight excluding hydrogens is 282 g/mol. The van der Waals surface area contributed by atoms with Crippen molar-refractivity contribution in [1.82, 2.24) is 0 Å². The minimum absolute atomic E-state index is 0.214. The molecule has 2 aromatic rings. The largest absolute Gasteiger partial charge is 0.480 e. The molecule has 0 radical (unpaired) electrons. The van der Waals surface area contributed by atoms with Crippen LogP contribution >= 0.6 is 0 Å². The molecule has 0 saturated carbocycles. The van der Waals surface area contributed by atoms with Gasteiger partial charge >= 0.3 is 11.9 Å². The molecule has 22 heavy (non-hydrogen) atoms. The lowest BCUT2D eigenvalue weighted by Gasteiger charge is -2.08. The van der Waals surface area contributed by atoms with Crippen LogP contribution in [-0.2, 0) is 22.6 Å². The Kier molecular flexibility index (Phi) is 5.27. The van der Waals surface area contributed by atoms with Crippen LogP contribution < -0.4 is 5.73 Å². The first-order valence-electron chi connectivity index (χ1n) is 6.84. The highest BCUT2D eigenvalue weighted by atomic mass is 16.5. The molecule has 114 valence electrons. The van der Waals surface area contributed by atoms with Crippen molar-refractivity contribution in [1.29, 1.82) is 0 Å². The zero-order valence-corrected chi connectivity index (χ0v) is 11.9. The number of hydrogen-bond acceptors (Lipinski definition) is 4. The Morgan fingerprint density at radius 2 is 1.64 bits per heavy atom. The number of carboxylic acids is 1. The van der Waals surface area contributed by atoms with Gasteiger partial charge in [0.05, 0.1) is 5.56 Å². The molecule has 1 unspecified atom stereocenters. The molecule has 0 bridgehead atoms. The maximum atomic E-state index is 11.9. The number of aliphatic carboxylic acids is 1. The van der Waals surface area contributed by atoms with Gasteiger partial charge in [-0.15, -0.1) is 0 Å². The number of carbonyl (C=O) groups excluding carboxylic acids is 1. The Balaban J connectivity index is 1.92. The van der Waals surface area contributed by atoms with Gasteiger partial charge in [0.1, 0.15) is 12.6 Å². The van der Waals surface area contributed by atoms with Crippen molar-refractivity contribution >= 4 is 11.9 Å². The molecule has 5 nitrogen and oxygen atoms in total. The number of carbonyl (C=O) groups is 2. The average Bonchev–Trinajstić information content (AvgIpc) is 2.54. The van der Waals surface area contributed by atoms with E-state index in [1.54, 1.807) is 24.3 Å². The van der Waals surface area contributed by atoms with E-state index in [0.717, 1.165) is 11.1 Å². The molecule has 0 amide bonds. The highest BCUT2D eigenvalue weighted by Gasteiger charge is 2.13. The Morgan fingerprint density at radius 3 is 2.23 bits per heavy atom. The Labute approximate surface area is 128 Å². The molecule has 0 fully saturated rings. The summed E-state index contributed by atoms with van der Waals surface area (Å²) in [6, 6.07) is 15.0. The molecule has 5 heteroatoms. The molecule has 1 atom stereocenters. The van der Waals surface area contributed by atoms with Crippen LogP contribution in [0.25, 0.3) is 0 Å². The fourth-order valence-corrected chi connectivity index (χ4v) is 1.92. The zero-order valence-electron chi connectivity index (χ0n) is 11.9. The quantitative estimate of drug-likeness (QED) is 0.796. The van der Waals surface area contributed by atoms with Crippen LogP contribution in [0.5, 0.6) is 0 Å². The molecule has 0 spiro atoms. The summed E-state index contributed by atoms with van der Waals surface area (Å²) in [5, 5.41) is 8.77. The topological polar surface area (TPSA) is 89.6 Å². The minimum Gasteiger partial charge on any atom is -0.480 e. The van der Waals surface area contributed by atoms with Crippen molar-refractivity contribution in [2.24, 2.45) is 5.73 Å². The molecule has 2 rings (SSSR count). The first-order valence-corrected chi connectivity index (χ1v) is 6.84. The van der Waals surface area contributed by atoms with E-state index in [2.05, 4.69) is 0 Å². The van der Waals surface area contributed by atoms with Gasteiger partial charge in [0.2, 0.25) is 0 Å². The van der Waals surface area contributed by atoms with E-state index in [0.29, 0.717) is 5.56 Å². The summed E-state index contributed by atoms with van der Waals surface area (Å²) in [6.45, 7) is 0.214. The number of nitrogens with two attached hydrogens (primary N) is 1. The van der Waals surface area contributed by atoms with Gasteiger partial charge < -0.3 is 15.6 Å². The summed E-state index contributed by atoms with van der Waals surface area (Å²) in [7, 11) is 0. The third kappa shape index (κ3) is 4.43. The van der Waals surface area contributed by atoms with Gasteiger partial charge in [-0.2, -0.15) is 0 Å². The van der Waals surface area contributed by atoms with Crippen LogP contribution in [-0.4, -0.2) is 23.1 Å². The van der Waals surface area contributed by atoms with E-state index < -0.39 is 18.0 Å². The van der Waals surface area contributed by atoms with E-state index in [4.69, 9.17) is 15.6 Å². The van der Waals surface area contributed by atoms with Crippen molar-refractivity contribution in [3.05, 3.63) is 71.3 Å². The van der Waals surface area contributed by atoms with Gasteiger partial charge in [0, 0.05) is 0 Å². The van der Waals surface area contributed by atoms with E-state index in [-0.39, 0.29) is 13.0 Å². The summed E-state index contributed by atoms with van der Waals surface area (Å²) in [4.78, 5) is 22.6. The Morgan fingerprint density at radius 1 is 1.00 bits per heavy atom. The molecule has 0 aromatic heterocycles. The maximum Gasteiger partial charge on any atom is 0.338 e. The van der Waals surface area contributed by atoms with Crippen LogP contribution in [0.1, 0.15) is 21.5 Å². The SMILES string of the molecule is NC(Cc1ccc(C(=O)OCc2ccccc2)cc1)C(=O)O. The maximum absolute atomic E-state index is 11.9. The van der Waals surface area contributed by atoms with E-state index in [1.165, 1.54) is 0 Å². The van der Waals surface area contributed by atoms with Crippen LogP contribution in [0.4, 0.5) is 0 Å². The lowest BCUT2D eigenvalue weighted by Crippen LogP contribution is -2.32. The Hall–Kier alpha value is -2.66. The van der Waals surface area contributed by atoms with Crippen LogP contribution in [0, 0.1) is 0 Å². The van der Waals surface area contributed by atoms with Gasteiger partial charge in [-0.3, -0.25) is 4.79 Å². The molecule has 0 aliphatic carbocycles. The standard InChI is InChI=1S/C17H17NO4/c18-15(16(19)20)10-12-6-8-14(9-7-12)17(21)22-11-13-4-2-1-3-5-13/h1-9,15H,10-11,18H2,(H,19,20). The molecule has 2 aromatic carbocycles. The molecule has 3 N–H and O–H groups in total. The second-order valence-corrected chi connectivity index (χ2v) is 4.91. The second kappa shape index (κ2) is 7.38. The predicted octanol–water partition coefficient (Wildman–Crippen LogP) is 2.00. The predicted molar refractivity (Wildman–Crippen MR) is 81.3 cm³/mol. The summed E-state index contributed by atoms with van der Waals surface area (Å²) in [5.41, 5.74) is 7.56. The highest BCUT2D eigenvalue weighted by Crippen LogP contribution is 2.09. The van der Waals surface area contributed by atoms with Crippen LogP contribution in [0.3, 0.4) is 0 Å². The summed E-state index contributed by atoms with van der Waals surface area (Å²) in [6.07, 6.45) is 0.217. The van der Waals surface area contributed by atoms with Crippen molar-refractivity contribution in [3.63, 3.8) is 0 Å². The van der Waals surface area contributed by atoms with E-state index in [1.807, 2.05) is 30.3 Å². The normalized spacial score (nSPS) is 11.7. The summed E-state index contributed by atoms with van der Waals surface area (Å²) >= 11 is 0. The summed E-state index contributed by atoms with van der Waals surface area (Å²) < 4.78 is 5.22. The van der Waals surface area contributed by atoms with Crippen LogP contribution in [0.2, 0.25) is 0 Å². The fraction of sp³-hybridized carbons (Fsp3) is 0.176. The smallest absolute Gasteiger partial charge is 0.338 e. The average molecular weight is 299 g/mol. The molecular formula is C17H17NO4. The lowest BCUT2D eigenvalue weighted by molar-refractivity contribution is -0.138. The van der Waals surface area contributed by atoms with Crippen molar-refractivity contribution in [2.45, 2.75) is 19.1 Å². The molecule has 0 saturated heterocycles. The minimum atomic E-state index is -1.05. The number of benzene rings is 2. The Bertz CT molecular complexity index is 637. The monoisotopic (exact) mass is 299 g/mol. The third-order valence-corrected chi connectivity index (χ3v) is 3.18. The summed E-state index contributed by atoms with van der Waals surface area (Å²) in [5.74, 6) is -1.47. The number of ether oxygens (including phenoxy) is 1. The van der Waals surface area contributed by atoms with Crippen molar-refractivity contribution in [2.75, 3.05) is 0 Å². The number of carboxylic acid groups (broad SMARTS) is 1. The number of hydrogen-bond donors (Lipinski definition) is 2. The molecule has 0 heterocycles. The fourth-order valence-electron chi connectivity index (χ4n) is 1.92. The highest BCUT2D eigenvalue weighted by molar-refractivity contribution is 5.89. The molecule has 0 aliphatic heterocycles. The number of esters is 1. The van der Waals surface area contributed by atoms with Gasteiger partial charge in [-0.1, -0.05) is 42.5 Å². The van der Waals surface area contributed by atoms with Gasteiger partial charge in [0.15, 0.2) is 0 Å². The number of rotatable bonds is 6. The van der Waals surface area contributed by atoms with Crippen LogP contribution in [0.15, 0.2) is 54.6 Å².